The zero-order chi connectivity index (χ0) is 17.9. The number of carbonyl (C=O) groups is 1. The molecule has 0 saturated carbocycles. The van der Waals surface area contributed by atoms with Gasteiger partial charge in [-0.05, 0) is 28.2 Å². The van der Waals surface area contributed by atoms with Crippen LogP contribution in [0.1, 0.15) is 38.3 Å². The van der Waals surface area contributed by atoms with Crippen molar-refractivity contribution in [2.75, 3.05) is 5.32 Å². The molecule has 0 fully saturated rings. The van der Waals surface area contributed by atoms with Crippen LogP contribution in [0, 0.1) is 5.41 Å². The summed E-state index contributed by atoms with van der Waals surface area (Å²) in [5.74, 6) is 0.898. The first-order valence-electron chi connectivity index (χ1n) is 8.94. The van der Waals surface area contributed by atoms with Crippen LogP contribution in [-0.2, 0) is 4.79 Å². The molecule has 2 heterocycles. The highest BCUT2D eigenvalue weighted by molar-refractivity contribution is 6.01. The van der Waals surface area contributed by atoms with Crippen LogP contribution in [0.25, 0.3) is 10.8 Å². The maximum atomic E-state index is 13.1. The van der Waals surface area contributed by atoms with Crippen molar-refractivity contribution in [2.45, 2.75) is 32.7 Å². The molecule has 26 heavy (non-hydrogen) atoms. The van der Waals surface area contributed by atoms with Gasteiger partial charge in [0, 0.05) is 17.7 Å². The van der Waals surface area contributed by atoms with Gasteiger partial charge in [-0.15, -0.1) is 0 Å². The van der Waals surface area contributed by atoms with Crippen molar-refractivity contribution in [3.05, 3.63) is 65.6 Å². The van der Waals surface area contributed by atoms with E-state index in [1.54, 1.807) is 6.33 Å². The van der Waals surface area contributed by atoms with Crippen molar-refractivity contribution < 1.29 is 4.79 Å². The Hall–Kier alpha value is -2.95. The molecule has 5 nitrogen and oxygen atoms in total. The lowest BCUT2D eigenvalue weighted by Gasteiger charge is -2.38. The molecule has 0 saturated heterocycles. The Bertz CT molecular complexity index is 1070. The number of nitrogens with zero attached hydrogens (tertiary/aromatic N) is 3. The van der Waals surface area contributed by atoms with Crippen molar-refractivity contribution in [3.63, 3.8) is 0 Å². The normalized spacial score (nSPS) is 21.3. The Labute approximate surface area is 151 Å². The van der Waals surface area contributed by atoms with Crippen molar-refractivity contribution in [1.82, 2.24) is 14.8 Å². The molecule has 1 atom stereocenters. The van der Waals surface area contributed by atoms with E-state index in [1.807, 2.05) is 22.9 Å². The van der Waals surface area contributed by atoms with Gasteiger partial charge in [0.25, 0.3) is 0 Å². The van der Waals surface area contributed by atoms with Gasteiger partial charge in [0.1, 0.15) is 12.4 Å². The van der Waals surface area contributed by atoms with Crippen LogP contribution < -0.4 is 5.32 Å². The average molecular weight is 344 g/mol. The molecular formula is C21H20N4O. The zero-order valence-electron chi connectivity index (χ0n) is 14.9. The summed E-state index contributed by atoms with van der Waals surface area (Å²) in [6.07, 6.45) is 2.94. The third-order valence-electron chi connectivity index (χ3n) is 5.39. The van der Waals surface area contributed by atoms with Gasteiger partial charge in [-0.25, -0.2) is 4.68 Å². The molecular weight excluding hydrogens is 324 g/mol. The average Bonchev–Trinajstić information content (AvgIpc) is 3.06. The van der Waals surface area contributed by atoms with E-state index in [2.05, 4.69) is 53.5 Å². The van der Waals surface area contributed by atoms with E-state index in [0.29, 0.717) is 12.4 Å². The van der Waals surface area contributed by atoms with Gasteiger partial charge in [-0.1, -0.05) is 56.3 Å². The summed E-state index contributed by atoms with van der Waals surface area (Å²) in [4.78, 5) is 17.5. The number of benzene rings is 2. The first-order chi connectivity index (χ1) is 12.5. The summed E-state index contributed by atoms with van der Waals surface area (Å²) < 4.78 is 1.84. The van der Waals surface area contributed by atoms with Crippen LogP contribution >= 0.6 is 0 Å². The molecule has 1 N–H and O–H groups in total. The van der Waals surface area contributed by atoms with E-state index < -0.39 is 0 Å². The van der Waals surface area contributed by atoms with Gasteiger partial charge in [0.15, 0.2) is 5.78 Å². The number of fused-ring (bicyclic) bond motifs is 2. The highest BCUT2D eigenvalue weighted by Crippen LogP contribution is 2.46. The van der Waals surface area contributed by atoms with Crippen LogP contribution in [-0.4, -0.2) is 20.5 Å². The number of anilines is 1. The fraction of sp³-hybridized carbons (Fsp3) is 0.286. The van der Waals surface area contributed by atoms with Crippen LogP contribution in [0.5, 0.6) is 0 Å². The number of carbonyl (C=O) groups excluding carboxylic acids is 1. The Morgan fingerprint density at radius 1 is 1.12 bits per heavy atom. The molecule has 1 aliphatic heterocycles. The molecule has 130 valence electrons. The highest BCUT2D eigenvalue weighted by atomic mass is 16.1. The largest absolute Gasteiger partial charge is 0.328 e. The standard InChI is InChI=1S/C21H20N4O/c1-21(2)10-16-18(17(26)11-21)19(25-20(24-16)22-12-23-25)15-9-5-7-13-6-3-4-8-14(13)15/h3-9,12,19H,10-11H2,1-2H3,(H,22,23,24). The molecule has 5 rings (SSSR count). The lowest BCUT2D eigenvalue weighted by Crippen LogP contribution is -2.36. The number of aromatic nitrogens is 3. The molecule has 0 radical (unpaired) electrons. The number of allylic oxidation sites excluding steroid dienone is 2. The number of ketones is 1. The molecule has 2 aliphatic rings. The third-order valence-corrected chi connectivity index (χ3v) is 5.39. The first kappa shape index (κ1) is 15.3. The minimum Gasteiger partial charge on any atom is -0.328 e. The summed E-state index contributed by atoms with van der Waals surface area (Å²) in [6.45, 7) is 4.28. The predicted octanol–water partition coefficient (Wildman–Crippen LogP) is 4.09. The van der Waals surface area contributed by atoms with Crippen molar-refractivity contribution in [2.24, 2.45) is 5.41 Å². The molecule has 5 heteroatoms. The molecule has 0 amide bonds. The van der Waals surface area contributed by atoms with E-state index >= 15 is 0 Å². The van der Waals surface area contributed by atoms with Crippen molar-refractivity contribution in [3.8, 4) is 0 Å². The zero-order valence-corrected chi connectivity index (χ0v) is 14.9. The SMILES string of the molecule is CC1(C)CC(=O)C2=C(C1)Nc1ncnn1C2c1cccc2ccccc12. The van der Waals surface area contributed by atoms with Gasteiger partial charge < -0.3 is 5.32 Å². The molecule has 2 aromatic carbocycles. The van der Waals surface area contributed by atoms with E-state index in [4.69, 9.17) is 0 Å². The molecule has 0 bridgehead atoms. The maximum Gasteiger partial charge on any atom is 0.226 e. The lowest BCUT2D eigenvalue weighted by molar-refractivity contribution is -0.118. The summed E-state index contributed by atoms with van der Waals surface area (Å²) >= 11 is 0. The van der Waals surface area contributed by atoms with Gasteiger partial charge >= 0.3 is 0 Å². The second-order valence-electron chi connectivity index (χ2n) is 7.96. The van der Waals surface area contributed by atoms with Crippen LogP contribution in [0.3, 0.4) is 0 Å². The van der Waals surface area contributed by atoms with Gasteiger partial charge in [0.2, 0.25) is 5.95 Å². The molecule has 1 aliphatic carbocycles. The molecule has 1 unspecified atom stereocenters. The van der Waals surface area contributed by atoms with Gasteiger partial charge in [-0.2, -0.15) is 10.1 Å². The van der Waals surface area contributed by atoms with E-state index in [-0.39, 0.29) is 17.2 Å². The summed E-state index contributed by atoms with van der Waals surface area (Å²) in [5.41, 5.74) is 2.87. The van der Waals surface area contributed by atoms with Crippen molar-refractivity contribution >= 4 is 22.5 Å². The number of hydrogen-bond acceptors (Lipinski definition) is 4. The monoisotopic (exact) mass is 344 g/mol. The second kappa shape index (κ2) is 5.27. The number of Topliss-reactive ketones (excluding diaryl/α,β-unsaturated/α-hetero) is 1. The topological polar surface area (TPSA) is 59.8 Å². The molecule has 3 aromatic rings. The third kappa shape index (κ3) is 2.20. The molecule has 0 spiro atoms. The highest BCUT2D eigenvalue weighted by Gasteiger charge is 2.41. The Kier molecular flexibility index (Phi) is 3.11. The Morgan fingerprint density at radius 2 is 1.92 bits per heavy atom. The van der Waals surface area contributed by atoms with Gasteiger partial charge in [-0.3, -0.25) is 4.79 Å². The molecule has 1 aromatic heterocycles. The van der Waals surface area contributed by atoms with E-state index in [9.17, 15) is 4.79 Å². The fourth-order valence-electron chi connectivity index (χ4n) is 4.33. The minimum absolute atomic E-state index is 0.0472. The minimum atomic E-state index is -0.238. The predicted molar refractivity (Wildman–Crippen MR) is 101 cm³/mol. The van der Waals surface area contributed by atoms with Crippen molar-refractivity contribution in [1.29, 1.82) is 0 Å². The smallest absolute Gasteiger partial charge is 0.226 e. The lowest BCUT2D eigenvalue weighted by atomic mass is 9.73. The Morgan fingerprint density at radius 3 is 2.81 bits per heavy atom. The quantitative estimate of drug-likeness (QED) is 0.722. The number of nitrogens with one attached hydrogen (secondary N) is 1. The van der Waals surface area contributed by atoms with Crippen LogP contribution in [0.15, 0.2) is 60.1 Å². The second-order valence-corrected chi connectivity index (χ2v) is 7.96. The van der Waals surface area contributed by atoms with E-state index in [0.717, 1.165) is 34.0 Å². The summed E-state index contributed by atoms with van der Waals surface area (Å²) in [7, 11) is 0. The van der Waals surface area contributed by atoms with Crippen LogP contribution in [0.4, 0.5) is 5.95 Å². The fourth-order valence-corrected chi connectivity index (χ4v) is 4.33. The number of hydrogen-bond donors (Lipinski definition) is 1. The Balaban J connectivity index is 1.79. The first-order valence-corrected chi connectivity index (χ1v) is 8.94. The summed E-state index contributed by atoms with van der Waals surface area (Å²) in [6, 6.07) is 14.3. The maximum absolute atomic E-state index is 13.1. The number of rotatable bonds is 1. The van der Waals surface area contributed by atoms with E-state index in [1.165, 1.54) is 0 Å². The van der Waals surface area contributed by atoms with Gasteiger partial charge in [0.05, 0.1) is 0 Å². The summed E-state index contributed by atoms with van der Waals surface area (Å²) in [5, 5.41) is 10.1. The van der Waals surface area contributed by atoms with Crippen LogP contribution in [0.2, 0.25) is 0 Å².